The number of rotatable bonds is 9. The van der Waals surface area contributed by atoms with Gasteiger partial charge in [0.1, 0.15) is 18.2 Å². The standard InChI is InChI=1S/C31H26ClF2N3O5/c32-21-6-4-20(25(34)14-21)17-42-30-23(2-1-3-24(30)33)18-8-10-36(29(38)13-18)16-28-35-26-7-5-19(31(39)40)12-27(26)37(28)15-22-9-11-41-22/h1-7,12-14,22H,8-11,15-17H2,(H,39,40). The number of halogens is 3. The molecule has 0 spiro atoms. The van der Waals surface area contributed by atoms with Gasteiger partial charge in [-0.1, -0.05) is 29.8 Å². The zero-order valence-electron chi connectivity index (χ0n) is 22.4. The van der Waals surface area contributed by atoms with Crippen LogP contribution in [-0.4, -0.2) is 50.7 Å². The summed E-state index contributed by atoms with van der Waals surface area (Å²) < 4.78 is 42.4. The number of hydrogen-bond acceptors (Lipinski definition) is 5. The number of carboxylic acid groups (broad SMARTS) is 1. The van der Waals surface area contributed by atoms with E-state index < -0.39 is 17.6 Å². The van der Waals surface area contributed by atoms with Crippen molar-refractivity contribution in [1.29, 1.82) is 0 Å². The molecule has 1 fully saturated rings. The Morgan fingerprint density at radius 1 is 1.14 bits per heavy atom. The van der Waals surface area contributed by atoms with Crippen molar-refractivity contribution in [3.05, 3.63) is 99.8 Å². The fourth-order valence-corrected chi connectivity index (χ4v) is 5.34. The molecule has 1 saturated heterocycles. The summed E-state index contributed by atoms with van der Waals surface area (Å²) in [5, 5.41) is 9.72. The van der Waals surface area contributed by atoms with Gasteiger partial charge in [-0.05, 0) is 54.8 Å². The SMILES string of the molecule is O=C(O)c1ccc2nc(CN3CCC(c4cccc(F)c4OCc4ccc(Cl)cc4F)=CC3=O)n(CC3CCO3)c2c1. The van der Waals surface area contributed by atoms with E-state index in [2.05, 4.69) is 0 Å². The summed E-state index contributed by atoms with van der Waals surface area (Å²) in [7, 11) is 0. The van der Waals surface area contributed by atoms with Crippen LogP contribution in [0, 0.1) is 11.6 Å². The number of hydrogen-bond donors (Lipinski definition) is 1. The molecule has 8 nitrogen and oxygen atoms in total. The molecule has 1 amide bonds. The Hall–Kier alpha value is -4.28. The van der Waals surface area contributed by atoms with Crippen LogP contribution in [0.1, 0.15) is 40.2 Å². The summed E-state index contributed by atoms with van der Waals surface area (Å²) >= 11 is 5.82. The van der Waals surface area contributed by atoms with E-state index in [9.17, 15) is 23.5 Å². The molecule has 2 aliphatic heterocycles. The Morgan fingerprint density at radius 3 is 2.69 bits per heavy atom. The maximum Gasteiger partial charge on any atom is 0.335 e. The topological polar surface area (TPSA) is 93.9 Å². The second-order valence-corrected chi connectivity index (χ2v) is 10.7. The molecule has 1 N–H and O–H groups in total. The van der Waals surface area contributed by atoms with Gasteiger partial charge in [0.05, 0.1) is 35.8 Å². The highest BCUT2D eigenvalue weighted by molar-refractivity contribution is 6.30. The number of para-hydroxylation sites is 1. The van der Waals surface area contributed by atoms with E-state index in [0.717, 1.165) is 12.5 Å². The zero-order valence-corrected chi connectivity index (χ0v) is 23.1. The highest BCUT2D eigenvalue weighted by Crippen LogP contribution is 2.34. The van der Waals surface area contributed by atoms with Gasteiger partial charge >= 0.3 is 5.97 Å². The molecule has 1 aromatic heterocycles. The predicted octanol–water partition coefficient (Wildman–Crippen LogP) is 5.85. The van der Waals surface area contributed by atoms with E-state index in [1.807, 2.05) is 4.57 Å². The predicted molar refractivity (Wildman–Crippen MR) is 151 cm³/mol. The van der Waals surface area contributed by atoms with E-state index in [4.69, 9.17) is 26.1 Å². The van der Waals surface area contributed by atoms with Gasteiger partial charge in [0.15, 0.2) is 11.6 Å². The summed E-state index contributed by atoms with van der Waals surface area (Å²) in [6.07, 6.45) is 2.76. The normalized spacial score (nSPS) is 16.8. The molecule has 1 atom stereocenters. The zero-order chi connectivity index (χ0) is 29.4. The van der Waals surface area contributed by atoms with Crippen LogP contribution in [0.5, 0.6) is 5.75 Å². The number of imidazole rings is 1. The minimum atomic E-state index is -1.03. The van der Waals surface area contributed by atoms with Crippen LogP contribution in [0.2, 0.25) is 5.02 Å². The van der Waals surface area contributed by atoms with Crippen molar-refractivity contribution in [1.82, 2.24) is 14.5 Å². The quantitative estimate of drug-likeness (QED) is 0.262. The Bertz CT molecular complexity index is 1730. The monoisotopic (exact) mass is 593 g/mol. The molecule has 2 aliphatic rings. The van der Waals surface area contributed by atoms with Gasteiger partial charge in [0.25, 0.3) is 0 Å². The lowest BCUT2D eigenvalue weighted by Crippen LogP contribution is -2.36. The van der Waals surface area contributed by atoms with Crippen LogP contribution in [-0.2, 0) is 29.2 Å². The molecule has 3 aromatic carbocycles. The van der Waals surface area contributed by atoms with Crippen molar-refractivity contribution < 1.29 is 33.0 Å². The van der Waals surface area contributed by atoms with Crippen LogP contribution in [0.25, 0.3) is 16.6 Å². The van der Waals surface area contributed by atoms with Crippen LogP contribution in [0.4, 0.5) is 8.78 Å². The van der Waals surface area contributed by atoms with Crippen molar-refractivity contribution in [2.75, 3.05) is 13.2 Å². The molecule has 0 saturated carbocycles. The number of carboxylic acids is 1. The fraction of sp³-hybridized carbons (Fsp3) is 0.258. The first-order chi connectivity index (χ1) is 20.3. The third-order valence-electron chi connectivity index (χ3n) is 7.55. The number of carbonyl (C=O) groups excluding carboxylic acids is 1. The second kappa shape index (κ2) is 11.5. The van der Waals surface area contributed by atoms with E-state index >= 15 is 0 Å². The lowest BCUT2D eigenvalue weighted by molar-refractivity contribution is -0.127. The minimum absolute atomic E-state index is 0.00839. The Kier molecular flexibility index (Phi) is 7.66. The maximum atomic E-state index is 14.9. The van der Waals surface area contributed by atoms with Gasteiger partial charge in [-0.15, -0.1) is 0 Å². The number of ether oxygens (including phenoxy) is 2. The second-order valence-electron chi connectivity index (χ2n) is 10.2. The lowest BCUT2D eigenvalue weighted by atomic mass is 9.98. The first kappa shape index (κ1) is 27.9. The highest BCUT2D eigenvalue weighted by Gasteiger charge is 2.27. The van der Waals surface area contributed by atoms with Crippen molar-refractivity contribution in [3.63, 3.8) is 0 Å². The average Bonchev–Trinajstić information content (AvgIpc) is 3.27. The third-order valence-corrected chi connectivity index (χ3v) is 7.78. The van der Waals surface area contributed by atoms with Crippen LogP contribution in [0.3, 0.4) is 0 Å². The molecule has 1 unspecified atom stereocenters. The van der Waals surface area contributed by atoms with E-state index in [-0.39, 0.29) is 47.1 Å². The van der Waals surface area contributed by atoms with Gasteiger partial charge in [-0.25, -0.2) is 18.6 Å². The first-order valence-electron chi connectivity index (χ1n) is 13.5. The molecular weight excluding hydrogens is 568 g/mol. The summed E-state index contributed by atoms with van der Waals surface area (Å²) in [5.41, 5.74) is 2.70. The van der Waals surface area contributed by atoms with E-state index in [1.54, 1.807) is 23.1 Å². The average molecular weight is 594 g/mol. The number of aromatic carboxylic acids is 1. The Labute approximate surface area is 244 Å². The van der Waals surface area contributed by atoms with Crippen molar-refractivity contribution >= 4 is 40.1 Å². The number of nitrogens with zero attached hydrogens (tertiary/aromatic N) is 3. The molecule has 0 radical (unpaired) electrons. The van der Waals surface area contributed by atoms with Gasteiger partial charge in [-0.2, -0.15) is 0 Å². The molecule has 3 heterocycles. The largest absolute Gasteiger partial charge is 0.485 e. The Balaban J connectivity index is 1.24. The van der Waals surface area contributed by atoms with E-state index in [1.165, 1.54) is 36.4 Å². The summed E-state index contributed by atoms with van der Waals surface area (Å²) in [6.45, 7) is 1.50. The number of aromatic nitrogens is 2. The molecule has 4 aromatic rings. The first-order valence-corrected chi connectivity index (χ1v) is 13.8. The molecule has 0 bridgehead atoms. The molecule has 0 aliphatic carbocycles. The molecule has 42 heavy (non-hydrogen) atoms. The van der Waals surface area contributed by atoms with Crippen LogP contribution >= 0.6 is 11.6 Å². The minimum Gasteiger partial charge on any atom is -0.485 e. The number of fused-ring (bicyclic) bond motifs is 1. The summed E-state index contributed by atoms with van der Waals surface area (Å²) in [6, 6.07) is 13.4. The lowest BCUT2D eigenvalue weighted by Gasteiger charge is -2.29. The molecule has 216 valence electrons. The van der Waals surface area contributed by atoms with Crippen molar-refractivity contribution in [3.8, 4) is 5.75 Å². The molecular formula is C31H26ClF2N3O5. The fourth-order valence-electron chi connectivity index (χ4n) is 5.18. The Morgan fingerprint density at radius 2 is 1.98 bits per heavy atom. The van der Waals surface area contributed by atoms with Crippen molar-refractivity contribution in [2.24, 2.45) is 0 Å². The van der Waals surface area contributed by atoms with Gasteiger partial charge < -0.3 is 24.0 Å². The van der Waals surface area contributed by atoms with Gasteiger partial charge in [-0.3, -0.25) is 4.79 Å². The summed E-state index contributed by atoms with van der Waals surface area (Å²) in [5.74, 6) is -1.93. The highest BCUT2D eigenvalue weighted by atomic mass is 35.5. The smallest absolute Gasteiger partial charge is 0.335 e. The number of carbonyl (C=O) groups is 2. The van der Waals surface area contributed by atoms with Gasteiger partial charge in [0, 0.05) is 35.4 Å². The van der Waals surface area contributed by atoms with Gasteiger partial charge in [0.2, 0.25) is 5.91 Å². The van der Waals surface area contributed by atoms with Crippen molar-refractivity contribution in [2.45, 2.75) is 38.6 Å². The molecule has 6 rings (SSSR count). The molecule has 11 heteroatoms. The maximum absolute atomic E-state index is 14.9. The summed E-state index contributed by atoms with van der Waals surface area (Å²) in [4.78, 5) is 31.2. The number of amides is 1. The van der Waals surface area contributed by atoms with E-state index in [0.29, 0.717) is 54.1 Å². The van der Waals surface area contributed by atoms with Crippen LogP contribution < -0.4 is 4.74 Å². The third kappa shape index (κ3) is 5.60. The van der Waals surface area contributed by atoms with Crippen LogP contribution in [0.15, 0.2) is 60.7 Å². The number of benzene rings is 3.